The SMILES string of the molecule is CCC1(F)C[CH2][Al]([NH2])[O]C1(CC)CC. The maximum absolute atomic E-state index is 14.6. The Labute approximate surface area is 90.9 Å². The van der Waals surface area contributed by atoms with E-state index in [4.69, 9.17) is 8.51 Å². The van der Waals surface area contributed by atoms with E-state index in [9.17, 15) is 4.39 Å². The summed E-state index contributed by atoms with van der Waals surface area (Å²) in [5.74, 6) is 0. The normalized spacial score (nSPS) is 31.9. The van der Waals surface area contributed by atoms with Crippen molar-refractivity contribution in [2.75, 3.05) is 0 Å². The van der Waals surface area contributed by atoms with E-state index in [2.05, 4.69) is 0 Å². The molecule has 1 rings (SSSR count). The van der Waals surface area contributed by atoms with Gasteiger partial charge < -0.3 is 8.51 Å². The summed E-state index contributed by atoms with van der Waals surface area (Å²) in [5.41, 5.74) is -1.75. The molecule has 1 atom stereocenters. The zero-order chi connectivity index (χ0) is 10.8. The van der Waals surface area contributed by atoms with E-state index in [1.54, 1.807) is 0 Å². The van der Waals surface area contributed by atoms with Crippen LogP contribution in [0, 0.1) is 0 Å². The van der Waals surface area contributed by atoms with Gasteiger partial charge in [-0.05, 0) is 31.0 Å². The average Bonchev–Trinajstić information content (AvgIpc) is 2.22. The van der Waals surface area contributed by atoms with Crippen LogP contribution >= 0.6 is 0 Å². The molecule has 0 aromatic heterocycles. The van der Waals surface area contributed by atoms with Crippen molar-refractivity contribution in [3.8, 4) is 0 Å². The second-order valence-corrected chi connectivity index (χ2v) is 6.11. The van der Waals surface area contributed by atoms with E-state index in [-0.39, 0.29) is 0 Å². The Kier molecular flexibility index (Phi) is 3.99. The van der Waals surface area contributed by atoms with Crippen molar-refractivity contribution >= 4 is 14.7 Å². The Hall–Kier alpha value is 0.382. The Morgan fingerprint density at radius 1 is 1.29 bits per heavy atom. The van der Waals surface area contributed by atoms with E-state index in [1.807, 2.05) is 20.8 Å². The van der Waals surface area contributed by atoms with Gasteiger partial charge in [0, 0.05) is 0 Å². The van der Waals surface area contributed by atoms with Crippen molar-refractivity contribution in [3.63, 3.8) is 0 Å². The lowest BCUT2D eigenvalue weighted by Crippen LogP contribution is -2.60. The fourth-order valence-electron chi connectivity index (χ4n) is 2.60. The van der Waals surface area contributed by atoms with Crippen LogP contribution < -0.4 is 4.72 Å². The molecule has 1 fully saturated rings. The van der Waals surface area contributed by atoms with Crippen LogP contribution in [-0.2, 0) is 3.79 Å². The molecule has 1 unspecified atom stereocenters. The molecule has 0 bridgehead atoms. The van der Waals surface area contributed by atoms with Crippen molar-refractivity contribution in [1.82, 2.24) is 0 Å². The van der Waals surface area contributed by atoms with Crippen molar-refractivity contribution in [2.45, 2.75) is 63.0 Å². The third-order valence-corrected chi connectivity index (χ3v) is 5.33. The first-order chi connectivity index (χ1) is 6.53. The zero-order valence-corrected chi connectivity index (χ0v) is 10.6. The molecule has 1 saturated heterocycles. The van der Waals surface area contributed by atoms with Crippen LogP contribution in [0.5, 0.6) is 0 Å². The molecule has 2 nitrogen and oxygen atoms in total. The molecule has 1 aliphatic heterocycles. The highest BCUT2D eigenvalue weighted by atomic mass is 27.2. The third-order valence-electron chi connectivity index (χ3n) is 3.72. The van der Waals surface area contributed by atoms with E-state index in [0.717, 1.165) is 18.1 Å². The monoisotopic (exact) mass is 217 g/mol. The summed E-state index contributed by atoms with van der Waals surface area (Å²) < 4.78 is 26.3. The maximum atomic E-state index is 14.6. The minimum Gasteiger partial charge on any atom is -0.481 e. The van der Waals surface area contributed by atoms with Crippen LogP contribution in [0.25, 0.3) is 0 Å². The summed E-state index contributed by atoms with van der Waals surface area (Å²) in [6.45, 7) is 5.90. The summed E-state index contributed by atoms with van der Waals surface area (Å²) in [5, 5.41) is 0.770. The molecule has 4 heteroatoms. The molecule has 2 N–H and O–H groups in total. The van der Waals surface area contributed by atoms with Crippen LogP contribution in [0.4, 0.5) is 4.39 Å². The lowest BCUT2D eigenvalue weighted by Gasteiger charge is -2.49. The Bertz CT molecular complexity index is 199. The Morgan fingerprint density at radius 2 is 1.86 bits per heavy atom. The zero-order valence-electron chi connectivity index (χ0n) is 9.48. The highest BCUT2D eigenvalue weighted by Crippen LogP contribution is 2.45. The van der Waals surface area contributed by atoms with Crippen LogP contribution in [0.3, 0.4) is 0 Å². The van der Waals surface area contributed by atoms with Crippen molar-refractivity contribution in [1.29, 1.82) is 0 Å². The van der Waals surface area contributed by atoms with Gasteiger partial charge in [0.1, 0.15) is 5.67 Å². The summed E-state index contributed by atoms with van der Waals surface area (Å²) in [6.07, 6.45) is 2.59. The fourth-order valence-corrected chi connectivity index (χ4v) is 4.59. The predicted octanol–water partition coefficient (Wildman–Crippen LogP) is 2.53. The second kappa shape index (κ2) is 4.49. The van der Waals surface area contributed by atoms with Gasteiger partial charge >= 0.3 is 14.7 Å². The molecular formula is C10H21AlFNO. The number of halogens is 1. The molecule has 82 valence electrons. The second-order valence-electron chi connectivity index (χ2n) is 4.22. The molecule has 0 aromatic carbocycles. The first-order valence-electron chi connectivity index (χ1n) is 5.66. The smallest absolute Gasteiger partial charge is 0.481 e. The van der Waals surface area contributed by atoms with Gasteiger partial charge in [-0.3, -0.25) is 0 Å². The number of nitrogens with two attached hydrogens (primary N) is 1. The quantitative estimate of drug-likeness (QED) is 0.737. The van der Waals surface area contributed by atoms with Gasteiger partial charge in [-0.15, -0.1) is 0 Å². The van der Waals surface area contributed by atoms with E-state index >= 15 is 0 Å². The van der Waals surface area contributed by atoms with Gasteiger partial charge in [0.15, 0.2) is 0 Å². The summed E-state index contributed by atoms with van der Waals surface area (Å²) in [6, 6.07) is 0. The first-order valence-corrected chi connectivity index (χ1v) is 7.61. The minimum atomic E-state index is -1.59. The fraction of sp³-hybridized carbons (Fsp3) is 1.00. The van der Waals surface area contributed by atoms with Crippen molar-refractivity contribution in [3.05, 3.63) is 0 Å². The van der Waals surface area contributed by atoms with E-state index in [0.29, 0.717) is 12.8 Å². The molecule has 1 heterocycles. The first kappa shape index (κ1) is 12.5. The van der Waals surface area contributed by atoms with Gasteiger partial charge in [-0.25, -0.2) is 4.39 Å². The molecular weight excluding hydrogens is 196 g/mol. The maximum Gasteiger partial charge on any atom is 0.574 e. The number of hydrogen-bond acceptors (Lipinski definition) is 2. The van der Waals surface area contributed by atoms with Gasteiger partial charge in [0.05, 0.1) is 5.60 Å². The summed E-state index contributed by atoms with van der Waals surface area (Å²) in [4.78, 5) is 0. The van der Waals surface area contributed by atoms with Gasteiger partial charge in [0.25, 0.3) is 0 Å². The van der Waals surface area contributed by atoms with Crippen molar-refractivity contribution < 1.29 is 8.18 Å². The van der Waals surface area contributed by atoms with Crippen LogP contribution in [0.15, 0.2) is 0 Å². The topological polar surface area (TPSA) is 35.2 Å². The summed E-state index contributed by atoms with van der Waals surface area (Å²) >= 11 is -1.59. The molecule has 0 aliphatic carbocycles. The highest BCUT2D eigenvalue weighted by Gasteiger charge is 2.54. The number of alkyl halides is 1. The van der Waals surface area contributed by atoms with Crippen molar-refractivity contribution in [2.24, 2.45) is 4.72 Å². The standard InChI is InChI=1S/C10H19FO.Al.H2N/c1-5-9(11,6-2)10(12,7-3)8-4;;/h1,5-8H2,2-4H3;;1H2/q-1;+2;-1. The van der Waals surface area contributed by atoms with E-state index in [1.165, 1.54) is 0 Å². The van der Waals surface area contributed by atoms with Crippen LogP contribution in [0.1, 0.15) is 46.5 Å². The predicted molar refractivity (Wildman–Crippen MR) is 57.9 cm³/mol. The lowest BCUT2D eigenvalue weighted by molar-refractivity contribution is -0.110. The van der Waals surface area contributed by atoms with Crippen LogP contribution in [-0.4, -0.2) is 26.0 Å². The number of hydrogen-bond donors (Lipinski definition) is 1. The Morgan fingerprint density at radius 3 is 2.29 bits per heavy atom. The molecule has 0 saturated carbocycles. The molecule has 0 spiro atoms. The molecule has 14 heavy (non-hydrogen) atoms. The average molecular weight is 217 g/mol. The van der Waals surface area contributed by atoms with E-state index < -0.39 is 26.0 Å². The largest absolute Gasteiger partial charge is 0.574 e. The van der Waals surface area contributed by atoms with Gasteiger partial charge in [-0.2, -0.15) is 0 Å². The highest BCUT2D eigenvalue weighted by molar-refractivity contribution is 6.48. The summed E-state index contributed by atoms with van der Waals surface area (Å²) in [7, 11) is 0. The third kappa shape index (κ3) is 1.86. The molecule has 0 amide bonds. The van der Waals surface area contributed by atoms with Gasteiger partial charge in [-0.1, -0.05) is 20.8 Å². The van der Waals surface area contributed by atoms with Gasteiger partial charge in [0.2, 0.25) is 0 Å². The molecule has 1 aliphatic rings. The number of rotatable bonds is 3. The van der Waals surface area contributed by atoms with Crippen LogP contribution in [0.2, 0.25) is 5.28 Å². The molecule has 0 radical (unpaired) electrons. The minimum absolute atomic E-state index is 0.538. The Balaban J connectivity index is 2.93. The molecule has 0 aromatic rings. The lowest BCUT2D eigenvalue weighted by atomic mass is 9.76.